The number of ether oxygens (including phenoxy) is 1. The molecule has 0 unspecified atom stereocenters. The molecule has 3 N–H and O–H groups in total. The topological polar surface area (TPSA) is 64.3 Å². The van der Waals surface area contributed by atoms with Gasteiger partial charge in [0.25, 0.3) is 0 Å². The van der Waals surface area contributed by atoms with E-state index in [9.17, 15) is 4.79 Å². The number of hydrogen-bond donors (Lipinski definition) is 2. The van der Waals surface area contributed by atoms with Crippen molar-refractivity contribution < 1.29 is 9.53 Å². The monoisotopic (exact) mass is 346 g/mol. The van der Waals surface area contributed by atoms with Gasteiger partial charge in [0.15, 0.2) is 0 Å². The molecule has 132 valence electrons. The zero-order valence-electron chi connectivity index (χ0n) is 14.7. The Kier molecular flexibility index (Phi) is 5.54. The minimum Gasteiger partial charge on any atom is -0.497 e. The van der Waals surface area contributed by atoms with E-state index >= 15 is 0 Å². The van der Waals surface area contributed by atoms with E-state index in [4.69, 9.17) is 10.5 Å². The van der Waals surface area contributed by atoms with Crippen LogP contribution >= 0.6 is 0 Å². The van der Waals surface area contributed by atoms with Crippen LogP contribution in [-0.2, 0) is 11.2 Å². The van der Waals surface area contributed by atoms with Gasteiger partial charge in [-0.25, -0.2) is 0 Å². The maximum atomic E-state index is 11.9. The highest BCUT2D eigenvalue weighted by atomic mass is 16.5. The first-order valence-electron chi connectivity index (χ1n) is 8.50. The zero-order chi connectivity index (χ0) is 18.4. The van der Waals surface area contributed by atoms with E-state index in [-0.39, 0.29) is 5.91 Å². The van der Waals surface area contributed by atoms with E-state index < -0.39 is 6.04 Å². The predicted octanol–water partition coefficient (Wildman–Crippen LogP) is 3.87. The first-order chi connectivity index (χ1) is 12.7. The van der Waals surface area contributed by atoms with Crippen molar-refractivity contribution in [2.24, 2.45) is 5.73 Å². The Hall–Kier alpha value is -3.27. The molecule has 0 aliphatic carbocycles. The highest BCUT2D eigenvalue weighted by Gasteiger charge is 2.16. The number of benzene rings is 3. The van der Waals surface area contributed by atoms with Crippen LogP contribution in [-0.4, -0.2) is 19.1 Å². The van der Waals surface area contributed by atoms with Crippen molar-refractivity contribution in [2.45, 2.75) is 12.5 Å². The van der Waals surface area contributed by atoms with Gasteiger partial charge in [0.05, 0.1) is 7.11 Å². The molecule has 1 amide bonds. The van der Waals surface area contributed by atoms with Crippen LogP contribution < -0.4 is 15.8 Å². The number of anilines is 1. The fourth-order valence-corrected chi connectivity index (χ4v) is 2.84. The van der Waals surface area contributed by atoms with E-state index in [0.717, 1.165) is 28.1 Å². The van der Waals surface area contributed by atoms with Crippen molar-refractivity contribution in [1.29, 1.82) is 0 Å². The predicted molar refractivity (Wildman–Crippen MR) is 105 cm³/mol. The maximum Gasteiger partial charge on any atom is 0.240 e. The van der Waals surface area contributed by atoms with Crippen LogP contribution in [0.3, 0.4) is 0 Å². The van der Waals surface area contributed by atoms with Crippen molar-refractivity contribution in [3.8, 4) is 16.9 Å². The number of nitrogens with two attached hydrogens (primary N) is 1. The van der Waals surface area contributed by atoms with Crippen LogP contribution in [0, 0.1) is 0 Å². The lowest BCUT2D eigenvalue weighted by Gasteiger charge is -2.18. The number of amides is 1. The smallest absolute Gasteiger partial charge is 0.240 e. The fourth-order valence-electron chi connectivity index (χ4n) is 2.84. The summed E-state index contributed by atoms with van der Waals surface area (Å²) in [5, 5.41) is 3.26. The largest absolute Gasteiger partial charge is 0.497 e. The van der Waals surface area contributed by atoms with Crippen molar-refractivity contribution in [1.82, 2.24) is 0 Å². The fraction of sp³-hybridized carbons (Fsp3) is 0.136. The number of carbonyl (C=O) groups excluding carboxylic acids is 1. The van der Waals surface area contributed by atoms with E-state index in [1.165, 1.54) is 0 Å². The van der Waals surface area contributed by atoms with Crippen LogP contribution in [0.15, 0.2) is 78.9 Å². The molecule has 0 bridgehead atoms. The summed E-state index contributed by atoms with van der Waals surface area (Å²) >= 11 is 0. The normalized spacial score (nSPS) is 11.6. The van der Waals surface area contributed by atoms with Gasteiger partial charge in [-0.05, 0) is 41.0 Å². The second-order valence-corrected chi connectivity index (χ2v) is 6.10. The summed E-state index contributed by atoms with van der Waals surface area (Å²) in [5.41, 5.74) is 9.70. The highest BCUT2D eigenvalue weighted by molar-refractivity contribution is 5.83. The summed E-state index contributed by atoms with van der Waals surface area (Å²) in [6.07, 6.45) is 0.509. The third kappa shape index (κ3) is 4.42. The van der Waals surface area contributed by atoms with Crippen molar-refractivity contribution in [3.63, 3.8) is 0 Å². The first-order valence-corrected chi connectivity index (χ1v) is 8.50. The van der Waals surface area contributed by atoms with Crippen molar-refractivity contribution in [2.75, 3.05) is 12.4 Å². The number of methoxy groups -OCH3 is 1. The van der Waals surface area contributed by atoms with Gasteiger partial charge in [-0.1, -0.05) is 54.6 Å². The summed E-state index contributed by atoms with van der Waals surface area (Å²) in [5.74, 6) is 0.402. The molecular formula is C22H22N2O2. The molecule has 4 heteroatoms. The van der Waals surface area contributed by atoms with Gasteiger partial charge in [0.2, 0.25) is 5.91 Å². The summed E-state index contributed by atoms with van der Waals surface area (Å²) < 4.78 is 5.17. The Bertz CT molecular complexity index is 861. The maximum absolute atomic E-state index is 11.9. The molecule has 26 heavy (non-hydrogen) atoms. The van der Waals surface area contributed by atoms with E-state index in [1.54, 1.807) is 7.11 Å². The number of nitrogens with one attached hydrogen (secondary N) is 1. The van der Waals surface area contributed by atoms with Gasteiger partial charge in [-0.2, -0.15) is 0 Å². The Morgan fingerprint density at radius 1 is 0.962 bits per heavy atom. The summed E-state index contributed by atoms with van der Waals surface area (Å²) in [7, 11) is 1.63. The van der Waals surface area contributed by atoms with Gasteiger partial charge in [0, 0.05) is 12.1 Å². The van der Waals surface area contributed by atoms with Crippen LogP contribution in [0.25, 0.3) is 11.1 Å². The second-order valence-electron chi connectivity index (χ2n) is 6.10. The molecule has 3 rings (SSSR count). The Labute approximate surface area is 153 Å². The minimum absolute atomic E-state index is 0.383. The molecule has 3 aromatic carbocycles. The minimum atomic E-state index is -0.491. The molecule has 0 aliphatic rings. The van der Waals surface area contributed by atoms with Crippen LogP contribution in [0.1, 0.15) is 5.56 Å². The highest BCUT2D eigenvalue weighted by Crippen LogP contribution is 2.23. The summed E-state index contributed by atoms with van der Waals surface area (Å²) in [4.78, 5) is 11.9. The third-order valence-corrected chi connectivity index (χ3v) is 4.25. The lowest BCUT2D eigenvalue weighted by Crippen LogP contribution is -2.37. The average Bonchev–Trinajstić information content (AvgIpc) is 2.69. The van der Waals surface area contributed by atoms with E-state index in [0.29, 0.717) is 6.42 Å². The van der Waals surface area contributed by atoms with E-state index in [1.807, 2.05) is 66.7 Å². The molecule has 0 fully saturated rings. The Balaban J connectivity index is 1.76. The zero-order valence-corrected chi connectivity index (χ0v) is 14.7. The molecule has 0 heterocycles. The molecule has 0 aromatic heterocycles. The molecule has 0 aliphatic heterocycles. The lowest BCUT2D eigenvalue weighted by atomic mass is 10.0. The molecule has 4 nitrogen and oxygen atoms in total. The van der Waals surface area contributed by atoms with Crippen LogP contribution in [0.2, 0.25) is 0 Å². The standard InChI is InChI=1S/C22H22N2O2/c1-26-20-12-10-16(11-13-20)14-21(22(23)25)24-19-9-5-8-18(15-19)17-6-3-2-4-7-17/h2-13,15,21,24H,14H2,1H3,(H2,23,25)/t21-/m0/s1. The average molecular weight is 346 g/mol. The van der Waals surface area contributed by atoms with Gasteiger partial charge in [-0.15, -0.1) is 0 Å². The second kappa shape index (κ2) is 8.21. The molecule has 0 saturated heterocycles. The van der Waals surface area contributed by atoms with Gasteiger partial charge < -0.3 is 15.8 Å². The van der Waals surface area contributed by atoms with Gasteiger partial charge in [0.1, 0.15) is 11.8 Å². The third-order valence-electron chi connectivity index (χ3n) is 4.25. The Morgan fingerprint density at radius 3 is 2.31 bits per heavy atom. The summed E-state index contributed by atoms with van der Waals surface area (Å²) in [6, 6.07) is 25.2. The lowest BCUT2D eigenvalue weighted by molar-refractivity contribution is -0.118. The van der Waals surface area contributed by atoms with Crippen LogP contribution in [0.5, 0.6) is 5.75 Å². The van der Waals surface area contributed by atoms with Gasteiger partial charge in [-0.3, -0.25) is 4.79 Å². The summed E-state index contributed by atoms with van der Waals surface area (Å²) in [6.45, 7) is 0. The molecule has 0 spiro atoms. The van der Waals surface area contributed by atoms with Crippen LogP contribution in [0.4, 0.5) is 5.69 Å². The first kappa shape index (κ1) is 17.5. The number of carbonyl (C=O) groups is 1. The number of hydrogen-bond acceptors (Lipinski definition) is 3. The molecule has 0 saturated carbocycles. The number of primary amides is 1. The quantitative estimate of drug-likeness (QED) is 0.682. The molecule has 1 atom stereocenters. The molecule has 0 radical (unpaired) electrons. The Morgan fingerprint density at radius 2 is 1.65 bits per heavy atom. The van der Waals surface area contributed by atoms with Crippen molar-refractivity contribution >= 4 is 11.6 Å². The SMILES string of the molecule is COc1ccc(C[C@H](Nc2cccc(-c3ccccc3)c2)C(N)=O)cc1. The van der Waals surface area contributed by atoms with Gasteiger partial charge >= 0.3 is 0 Å². The number of rotatable bonds is 7. The molecule has 3 aromatic rings. The van der Waals surface area contributed by atoms with Crippen molar-refractivity contribution in [3.05, 3.63) is 84.4 Å². The van der Waals surface area contributed by atoms with E-state index in [2.05, 4.69) is 17.4 Å². The molecular weight excluding hydrogens is 324 g/mol.